The van der Waals surface area contributed by atoms with Crippen LogP contribution < -0.4 is 11.1 Å². The van der Waals surface area contributed by atoms with Crippen molar-refractivity contribution in [2.75, 3.05) is 11.9 Å². The Labute approximate surface area is 137 Å². The zero-order valence-corrected chi connectivity index (χ0v) is 12.8. The first-order chi connectivity index (χ1) is 11.4. The fourth-order valence-corrected chi connectivity index (χ4v) is 2.85. The number of benzene rings is 2. The third kappa shape index (κ3) is 2.92. The van der Waals surface area contributed by atoms with Crippen LogP contribution in [0.15, 0.2) is 42.5 Å². The number of nitrogens with one attached hydrogen (secondary N) is 1. The number of primary amides is 1. The Morgan fingerprint density at radius 1 is 1.29 bits per heavy atom. The molecule has 3 rings (SSSR count). The molecule has 2 aromatic rings. The molecule has 3 N–H and O–H groups in total. The van der Waals surface area contributed by atoms with Crippen LogP contribution in [0.4, 0.5) is 15.8 Å². The summed E-state index contributed by atoms with van der Waals surface area (Å²) in [5.74, 6) is -1.01. The topological polar surface area (TPSA) is 98.3 Å². The molecule has 1 amide bonds. The van der Waals surface area contributed by atoms with Crippen LogP contribution in [0.1, 0.15) is 28.8 Å². The number of carbonyl (C=O) groups excluding carboxylic acids is 1. The van der Waals surface area contributed by atoms with E-state index in [2.05, 4.69) is 5.32 Å². The molecule has 124 valence electrons. The fraction of sp³-hybridized carbons (Fsp3) is 0.235. The zero-order valence-electron chi connectivity index (χ0n) is 12.8. The molecule has 7 heteroatoms. The van der Waals surface area contributed by atoms with Gasteiger partial charge in [0.2, 0.25) is 0 Å². The Morgan fingerprint density at radius 3 is 2.58 bits per heavy atom. The SMILES string of the molecule is NC(=O)c1cc([N+](=O)[O-])ccc1NCC1(c2ccccc2F)CC1. The first kappa shape index (κ1) is 15.9. The van der Waals surface area contributed by atoms with Crippen molar-refractivity contribution in [2.24, 2.45) is 5.73 Å². The van der Waals surface area contributed by atoms with Crippen LogP contribution >= 0.6 is 0 Å². The van der Waals surface area contributed by atoms with Crippen molar-refractivity contribution in [1.82, 2.24) is 0 Å². The molecule has 0 unspecified atom stereocenters. The molecule has 1 saturated carbocycles. The lowest BCUT2D eigenvalue weighted by Gasteiger charge is -2.19. The van der Waals surface area contributed by atoms with Gasteiger partial charge in [-0.3, -0.25) is 14.9 Å². The first-order valence-electron chi connectivity index (χ1n) is 7.50. The van der Waals surface area contributed by atoms with Gasteiger partial charge in [0.1, 0.15) is 5.82 Å². The molecule has 1 fully saturated rings. The number of anilines is 1. The summed E-state index contributed by atoms with van der Waals surface area (Å²) in [6.45, 7) is 0.423. The highest BCUT2D eigenvalue weighted by Crippen LogP contribution is 2.49. The lowest BCUT2D eigenvalue weighted by Crippen LogP contribution is -2.23. The Balaban J connectivity index is 1.83. The molecule has 1 aliphatic rings. The number of nitrogens with zero attached hydrogens (tertiary/aromatic N) is 1. The maximum Gasteiger partial charge on any atom is 0.270 e. The lowest BCUT2D eigenvalue weighted by molar-refractivity contribution is -0.384. The minimum absolute atomic E-state index is 0.0496. The molecule has 0 atom stereocenters. The van der Waals surface area contributed by atoms with Gasteiger partial charge in [0.25, 0.3) is 11.6 Å². The number of rotatable bonds is 6. The van der Waals surface area contributed by atoms with E-state index in [1.54, 1.807) is 18.2 Å². The van der Waals surface area contributed by atoms with E-state index in [0.717, 1.165) is 18.9 Å². The van der Waals surface area contributed by atoms with E-state index in [0.29, 0.717) is 17.8 Å². The monoisotopic (exact) mass is 329 g/mol. The number of nitro groups is 1. The molecule has 0 aromatic heterocycles. The van der Waals surface area contributed by atoms with Crippen LogP contribution in [0.5, 0.6) is 0 Å². The van der Waals surface area contributed by atoms with Gasteiger partial charge in [-0.05, 0) is 30.5 Å². The molecule has 0 aliphatic heterocycles. The van der Waals surface area contributed by atoms with Gasteiger partial charge in [-0.15, -0.1) is 0 Å². The molecular formula is C17H16FN3O3. The fourth-order valence-electron chi connectivity index (χ4n) is 2.85. The van der Waals surface area contributed by atoms with E-state index < -0.39 is 10.8 Å². The average Bonchev–Trinajstić information content (AvgIpc) is 3.34. The molecule has 0 radical (unpaired) electrons. The number of hydrogen-bond acceptors (Lipinski definition) is 4. The molecule has 0 heterocycles. The number of nitro benzene ring substituents is 1. The van der Waals surface area contributed by atoms with Crippen LogP contribution in [0.25, 0.3) is 0 Å². The predicted molar refractivity (Wildman–Crippen MR) is 87.4 cm³/mol. The summed E-state index contributed by atoms with van der Waals surface area (Å²) in [6, 6.07) is 10.5. The Hall–Kier alpha value is -2.96. The minimum Gasteiger partial charge on any atom is -0.383 e. The summed E-state index contributed by atoms with van der Waals surface area (Å²) in [5.41, 5.74) is 5.89. The molecule has 0 saturated heterocycles. The van der Waals surface area contributed by atoms with E-state index in [1.165, 1.54) is 18.2 Å². The van der Waals surface area contributed by atoms with E-state index in [-0.39, 0.29) is 22.5 Å². The second-order valence-electron chi connectivity index (χ2n) is 5.96. The second-order valence-corrected chi connectivity index (χ2v) is 5.96. The van der Waals surface area contributed by atoms with Crippen molar-refractivity contribution >= 4 is 17.3 Å². The average molecular weight is 329 g/mol. The third-order valence-corrected chi connectivity index (χ3v) is 4.40. The first-order valence-corrected chi connectivity index (χ1v) is 7.50. The van der Waals surface area contributed by atoms with E-state index in [9.17, 15) is 19.3 Å². The number of hydrogen-bond donors (Lipinski definition) is 2. The molecule has 1 aliphatic carbocycles. The second kappa shape index (κ2) is 5.92. The van der Waals surface area contributed by atoms with Crippen molar-refractivity contribution in [3.63, 3.8) is 0 Å². The van der Waals surface area contributed by atoms with Gasteiger partial charge in [0, 0.05) is 29.8 Å². The molecular weight excluding hydrogens is 313 g/mol. The van der Waals surface area contributed by atoms with Gasteiger partial charge in [0.15, 0.2) is 0 Å². The number of non-ortho nitro benzene ring substituents is 1. The van der Waals surface area contributed by atoms with Crippen molar-refractivity contribution in [1.29, 1.82) is 0 Å². The van der Waals surface area contributed by atoms with Crippen LogP contribution in [0.3, 0.4) is 0 Å². The van der Waals surface area contributed by atoms with Crippen LogP contribution in [0.2, 0.25) is 0 Å². The largest absolute Gasteiger partial charge is 0.383 e. The van der Waals surface area contributed by atoms with Crippen molar-refractivity contribution < 1.29 is 14.1 Å². The standard InChI is InChI=1S/C17H16FN3O3/c18-14-4-2-1-3-13(14)17(7-8-17)10-20-15-6-5-11(21(23)24)9-12(15)16(19)22/h1-6,9,20H,7-8,10H2,(H2,19,22). The quantitative estimate of drug-likeness (QED) is 0.629. The van der Waals surface area contributed by atoms with Crippen molar-refractivity contribution in [3.05, 3.63) is 69.5 Å². The van der Waals surface area contributed by atoms with Crippen LogP contribution in [-0.2, 0) is 5.41 Å². The summed E-state index contributed by atoms with van der Waals surface area (Å²) in [6.07, 6.45) is 1.67. The van der Waals surface area contributed by atoms with Gasteiger partial charge in [-0.25, -0.2) is 4.39 Å². The van der Waals surface area contributed by atoms with E-state index >= 15 is 0 Å². The highest BCUT2D eigenvalue weighted by molar-refractivity contribution is 5.99. The van der Waals surface area contributed by atoms with E-state index in [4.69, 9.17) is 5.73 Å². The summed E-state index contributed by atoms with van der Waals surface area (Å²) in [5, 5.41) is 13.9. The summed E-state index contributed by atoms with van der Waals surface area (Å²) < 4.78 is 14.0. The van der Waals surface area contributed by atoms with Crippen molar-refractivity contribution in [2.45, 2.75) is 18.3 Å². The van der Waals surface area contributed by atoms with Crippen LogP contribution in [-0.4, -0.2) is 17.4 Å². The summed E-state index contributed by atoms with van der Waals surface area (Å²) in [7, 11) is 0. The molecule has 2 aromatic carbocycles. The molecule has 0 spiro atoms. The van der Waals surface area contributed by atoms with Gasteiger partial charge < -0.3 is 11.1 Å². The van der Waals surface area contributed by atoms with Crippen LogP contribution in [0, 0.1) is 15.9 Å². The predicted octanol–water partition coefficient (Wildman–Crippen LogP) is 2.98. The van der Waals surface area contributed by atoms with Gasteiger partial charge in [-0.1, -0.05) is 18.2 Å². The number of halogens is 1. The van der Waals surface area contributed by atoms with Crippen molar-refractivity contribution in [3.8, 4) is 0 Å². The highest BCUT2D eigenvalue weighted by Gasteiger charge is 2.45. The Morgan fingerprint density at radius 2 is 2.00 bits per heavy atom. The number of nitrogens with two attached hydrogens (primary N) is 1. The smallest absolute Gasteiger partial charge is 0.270 e. The maximum atomic E-state index is 14.0. The minimum atomic E-state index is -0.753. The number of carbonyl (C=O) groups is 1. The molecule has 6 nitrogen and oxygen atoms in total. The van der Waals surface area contributed by atoms with Gasteiger partial charge in [-0.2, -0.15) is 0 Å². The summed E-state index contributed by atoms with van der Waals surface area (Å²) >= 11 is 0. The molecule has 24 heavy (non-hydrogen) atoms. The zero-order chi connectivity index (χ0) is 17.3. The highest BCUT2D eigenvalue weighted by atomic mass is 19.1. The third-order valence-electron chi connectivity index (χ3n) is 4.40. The Kier molecular flexibility index (Phi) is 3.92. The Bertz CT molecular complexity index is 818. The summed E-state index contributed by atoms with van der Waals surface area (Å²) in [4.78, 5) is 21.8. The lowest BCUT2D eigenvalue weighted by atomic mass is 9.95. The maximum absolute atomic E-state index is 14.0. The molecule has 0 bridgehead atoms. The van der Waals surface area contributed by atoms with Gasteiger partial charge >= 0.3 is 0 Å². The number of amides is 1. The van der Waals surface area contributed by atoms with E-state index in [1.807, 2.05) is 0 Å². The van der Waals surface area contributed by atoms with Gasteiger partial charge in [0.05, 0.1) is 10.5 Å². The normalized spacial score (nSPS) is 14.9.